The Morgan fingerprint density at radius 2 is 2.22 bits per heavy atom. The SMILES string of the molecule is COCO[C@@H]1CC2=CC(O)C(O)C[C@@]2(C)[C@@]12CO2. The summed E-state index contributed by atoms with van der Waals surface area (Å²) in [6.07, 6.45) is 1.49. The van der Waals surface area contributed by atoms with Crippen LogP contribution in [0.2, 0.25) is 0 Å². The largest absolute Gasteiger partial charge is 0.390 e. The van der Waals surface area contributed by atoms with Crippen molar-refractivity contribution in [3.63, 3.8) is 0 Å². The molecule has 3 aliphatic rings. The fourth-order valence-corrected chi connectivity index (χ4v) is 3.55. The first kappa shape index (κ1) is 12.6. The van der Waals surface area contributed by atoms with Gasteiger partial charge in [-0.15, -0.1) is 0 Å². The summed E-state index contributed by atoms with van der Waals surface area (Å²) in [5.74, 6) is 0. The van der Waals surface area contributed by atoms with Gasteiger partial charge in [0.25, 0.3) is 0 Å². The van der Waals surface area contributed by atoms with Crippen LogP contribution in [0.3, 0.4) is 0 Å². The molecule has 2 unspecified atom stereocenters. The van der Waals surface area contributed by atoms with E-state index >= 15 is 0 Å². The van der Waals surface area contributed by atoms with Gasteiger partial charge in [-0.25, -0.2) is 0 Å². The van der Waals surface area contributed by atoms with Crippen molar-refractivity contribution in [2.75, 3.05) is 20.5 Å². The van der Waals surface area contributed by atoms with Gasteiger partial charge < -0.3 is 24.4 Å². The van der Waals surface area contributed by atoms with E-state index in [1.165, 1.54) is 0 Å². The average Bonchev–Trinajstić information content (AvgIpc) is 3.08. The van der Waals surface area contributed by atoms with Gasteiger partial charge in [0.15, 0.2) is 0 Å². The zero-order valence-electron chi connectivity index (χ0n) is 10.8. The molecule has 1 aliphatic heterocycles. The number of ether oxygens (including phenoxy) is 3. The van der Waals surface area contributed by atoms with Crippen LogP contribution in [0.4, 0.5) is 0 Å². The number of hydrogen-bond acceptors (Lipinski definition) is 5. The lowest BCUT2D eigenvalue weighted by atomic mass is 9.68. The molecule has 0 bridgehead atoms. The zero-order valence-corrected chi connectivity index (χ0v) is 10.8. The minimum Gasteiger partial charge on any atom is -0.390 e. The number of epoxide rings is 1. The Hall–Kier alpha value is -0.460. The summed E-state index contributed by atoms with van der Waals surface area (Å²) in [7, 11) is 1.59. The van der Waals surface area contributed by atoms with Crippen molar-refractivity contribution in [2.24, 2.45) is 5.41 Å². The van der Waals surface area contributed by atoms with Crippen LogP contribution in [-0.2, 0) is 14.2 Å². The molecule has 0 aromatic heterocycles. The minimum absolute atomic E-state index is 0.0498. The molecule has 0 radical (unpaired) electrons. The normalized spacial score (nSPS) is 50.2. The Labute approximate surface area is 106 Å². The van der Waals surface area contributed by atoms with Crippen molar-refractivity contribution >= 4 is 0 Å². The van der Waals surface area contributed by atoms with Gasteiger partial charge in [-0.05, 0) is 12.8 Å². The van der Waals surface area contributed by atoms with Crippen LogP contribution in [0.25, 0.3) is 0 Å². The van der Waals surface area contributed by atoms with E-state index in [4.69, 9.17) is 14.2 Å². The first-order valence-electron chi connectivity index (χ1n) is 6.35. The lowest BCUT2D eigenvalue weighted by Crippen LogP contribution is -2.46. The third-order valence-electron chi connectivity index (χ3n) is 4.79. The number of rotatable bonds is 3. The maximum absolute atomic E-state index is 9.90. The van der Waals surface area contributed by atoms with Gasteiger partial charge in [-0.2, -0.15) is 0 Å². The monoisotopic (exact) mass is 256 g/mol. The molecule has 1 heterocycles. The predicted octanol–water partition coefficient (Wildman–Crippen LogP) is 0.206. The zero-order chi connectivity index (χ0) is 13.0. The van der Waals surface area contributed by atoms with E-state index in [0.29, 0.717) is 13.0 Å². The Balaban J connectivity index is 1.89. The Kier molecular flexibility index (Phi) is 2.80. The van der Waals surface area contributed by atoms with E-state index in [1.807, 2.05) is 0 Å². The standard InChI is InChI=1S/C13H20O5/c1-12-5-10(15)9(14)3-8(12)4-11(17-7-16-2)13(12)6-18-13/h3,9-11,14-15H,4-7H2,1-2H3/t9?,10?,11-,12-,13-/m1/s1. The molecule has 5 atom stereocenters. The molecule has 2 aliphatic carbocycles. The van der Waals surface area contributed by atoms with Crippen molar-refractivity contribution in [1.82, 2.24) is 0 Å². The number of fused-ring (bicyclic) bond motifs is 2. The van der Waals surface area contributed by atoms with E-state index in [-0.39, 0.29) is 23.9 Å². The summed E-state index contributed by atoms with van der Waals surface area (Å²) >= 11 is 0. The number of aliphatic hydroxyl groups is 2. The molecule has 0 amide bonds. The van der Waals surface area contributed by atoms with Gasteiger partial charge in [-0.3, -0.25) is 0 Å². The summed E-state index contributed by atoms with van der Waals surface area (Å²) < 4.78 is 16.4. The van der Waals surface area contributed by atoms with Crippen LogP contribution in [0, 0.1) is 5.41 Å². The lowest BCUT2D eigenvalue weighted by Gasteiger charge is -2.38. The number of hydrogen-bond donors (Lipinski definition) is 2. The maximum atomic E-state index is 9.90. The Morgan fingerprint density at radius 1 is 1.50 bits per heavy atom. The van der Waals surface area contributed by atoms with Crippen LogP contribution >= 0.6 is 0 Å². The third kappa shape index (κ3) is 1.52. The van der Waals surface area contributed by atoms with E-state index in [9.17, 15) is 10.2 Å². The summed E-state index contributed by atoms with van der Waals surface area (Å²) in [6, 6.07) is 0. The summed E-state index contributed by atoms with van der Waals surface area (Å²) in [4.78, 5) is 0. The predicted molar refractivity (Wildman–Crippen MR) is 62.9 cm³/mol. The quantitative estimate of drug-likeness (QED) is 0.429. The second kappa shape index (κ2) is 4.02. The van der Waals surface area contributed by atoms with Crippen LogP contribution in [-0.4, -0.2) is 54.6 Å². The number of aliphatic hydroxyl groups excluding tert-OH is 2. The van der Waals surface area contributed by atoms with Crippen LogP contribution in [0.1, 0.15) is 19.8 Å². The molecule has 2 N–H and O–H groups in total. The van der Waals surface area contributed by atoms with Gasteiger partial charge >= 0.3 is 0 Å². The average molecular weight is 256 g/mol. The highest BCUT2D eigenvalue weighted by Crippen LogP contribution is 2.63. The van der Waals surface area contributed by atoms with Gasteiger partial charge in [0, 0.05) is 12.5 Å². The molecule has 18 heavy (non-hydrogen) atoms. The van der Waals surface area contributed by atoms with Crippen molar-refractivity contribution < 1.29 is 24.4 Å². The molecule has 1 saturated carbocycles. The molecule has 102 valence electrons. The second-order valence-electron chi connectivity index (χ2n) is 5.73. The molecule has 1 spiro atoms. The van der Waals surface area contributed by atoms with Crippen LogP contribution in [0.5, 0.6) is 0 Å². The van der Waals surface area contributed by atoms with Crippen LogP contribution < -0.4 is 0 Å². The minimum atomic E-state index is -0.773. The molecular formula is C13H20O5. The van der Waals surface area contributed by atoms with Crippen molar-refractivity contribution in [3.8, 4) is 0 Å². The maximum Gasteiger partial charge on any atom is 0.146 e. The van der Waals surface area contributed by atoms with Gasteiger partial charge in [0.2, 0.25) is 0 Å². The summed E-state index contributed by atoms with van der Waals surface area (Å²) in [5.41, 5.74) is 0.571. The van der Waals surface area contributed by atoms with Crippen molar-refractivity contribution in [1.29, 1.82) is 0 Å². The van der Waals surface area contributed by atoms with Gasteiger partial charge in [-0.1, -0.05) is 18.6 Å². The second-order valence-corrected chi connectivity index (χ2v) is 5.73. The first-order valence-corrected chi connectivity index (χ1v) is 6.35. The molecule has 5 nitrogen and oxygen atoms in total. The summed E-state index contributed by atoms with van der Waals surface area (Å²) in [6.45, 7) is 2.99. The van der Waals surface area contributed by atoms with E-state index in [0.717, 1.165) is 12.0 Å². The topological polar surface area (TPSA) is 71.5 Å². The van der Waals surface area contributed by atoms with Crippen LogP contribution in [0.15, 0.2) is 11.6 Å². The van der Waals surface area contributed by atoms with E-state index in [2.05, 4.69) is 6.92 Å². The van der Waals surface area contributed by atoms with Crippen molar-refractivity contribution in [3.05, 3.63) is 11.6 Å². The highest BCUT2D eigenvalue weighted by Gasteiger charge is 2.70. The van der Waals surface area contributed by atoms with E-state index < -0.39 is 12.2 Å². The van der Waals surface area contributed by atoms with Gasteiger partial charge in [0.1, 0.15) is 12.4 Å². The Morgan fingerprint density at radius 3 is 2.83 bits per heavy atom. The molecule has 1 saturated heterocycles. The smallest absolute Gasteiger partial charge is 0.146 e. The number of methoxy groups -OCH3 is 1. The lowest BCUT2D eigenvalue weighted by molar-refractivity contribution is -0.103. The third-order valence-corrected chi connectivity index (χ3v) is 4.79. The molecule has 0 aromatic rings. The summed E-state index contributed by atoms with van der Waals surface area (Å²) in [5, 5.41) is 19.7. The molecular weight excluding hydrogens is 236 g/mol. The fourth-order valence-electron chi connectivity index (χ4n) is 3.55. The molecule has 0 aromatic carbocycles. The Bertz CT molecular complexity index is 376. The van der Waals surface area contributed by atoms with E-state index in [1.54, 1.807) is 13.2 Å². The van der Waals surface area contributed by atoms with Gasteiger partial charge in [0.05, 0.1) is 24.9 Å². The molecule has 5 heteroatoms. The van der Waals surface area contributed by atoms with Crippen molar-refractivity contribution in [2.45, 2.75) is 43.7 Å². The highest BCUT2D eigenvalue weighted by molar-refractivity contribution is 5.37. The molecule has 3 rings (SSSR count). The fraction of sp³-hybridized carbons (Fsp3) is 0.846. The first-order chi connectivity index (χ1) is 8.53. The highest BCUT2D eigenvalue weighted by atomic mass is 16.7. The molecule has 2 fully saturated rings.